The van der Waals surface area contributed by atoms with Crippen LogP contribution >= 0.6 is 0 Å². The normalized spacial score (nSPS) is 12.9. The molecule has 0 aromatic carbocycles. The van der Waals surface area contributed by atoms with Gasteiger partial charge in [-0.05, 0) is 20.4 Å². The molecule has 0 aliphatic rings. The fourth-order valence-electron chi connectivity index (χ4n) is 1.57. The van der Waals surface area contributed by atoms with Crippen LogP contribution in [0.3, 0.4) is 0 Å². The minimum absolute atomic E-state index is 0.305. The lowest BCUT2D eigenvalue weighted by Gasteiger charge is -2.15. The van der Waals surface area contributed by atoms with Gasteiger partial charge in [-0.1, -0.05) is 6.92 Å². The molecule has 1 N–H and O–H groups in total. The summed E-state index contributed by atoms with van der Waals surface area (Å²) < 4.78 is 7.38. The van der Waals surface area contributed by atoms with Crippen LogP contribution in [0.5, 0.6) is 0 Å². The van der Waals surface area contributed by atoms with Gasteiger partial charge in [-0.25, -0.2) is 4.98 Å². The lowest BCUT2D eigenvalue weighted by molar-refractivity contribution is 0.124. The first-order valence-electron chi connectivity index (χ1n) is 5.93. The van der Waals surface area contributed by atoms with Crippen LogP contribution in [-0.4, -0.2) is 41.1 Å². The quantitative estimate of drug-likeness (QED) is 0.714. The van der Waals surface area contributed by atoms with Gasteiger partial charge in [0.2, 0.25) is 0 Å². The second kappa shape index (κ2) is 7.35. The van der Waals surface area contributed by atoms with E-state index in [1.807, 2.05) is 18.7 Å². The van der Waals surface area contributed by atoms with Gasteiger partial charge in [0.25, 0.3) is 0 Å². The molecule has 0 saturated carbocycles. The van der Waals surface area contributed by atoms with Crippen LogP contribution in [0, 0.1) is 0 Å². The van der Waals surface area contributed by atoms with Crippen LogP contribution in [0.1, 0.15) is 26.1 Å². The molecule has 5 nitrogen and oxygen atoms in total. The summed E-state index contributed by atoms with van der Waals surface area (Å²) in [5.74, 6) is 1.03. The summed E-state index contributed by atoms with van der Waals surface area (Å²) in [5.41, 5.74) is 0. The maximum Gasteiger partial charge on any atom is 0.138 e. The molecule has 0 aliphatic heterocycles. The Morgan fingerprint density at radius 1 is 1.50 bits per heavy atom. The molecule has 0 aliphatic carbocycles. The van der Waals surface area contributed by atoms with Crippen molar-refractivity contribution in [1.29, 1.82) is 0 Å². The first-order valence-corrected chi connectivity index (χ1v) is 5.93. The van der Waals surface area contributed by atoms with E-state index in [9.17, 15) is 0 Å². The zero-order valence-electron chi connectivity index (χ0n) is 10.4. The largest absolute Gasteiger partial charge is 0.380 e. The fourth-order valence-corrected chi connectivity index (χ4v) is 1.57. The van der Waals surface area contributed by atoms with Gasteiger partial charge in [0, 0.05) is 25.6 Å². The van der Waals surface area contributed by atoms with Crippen LogP contribution in [-0.2, 0) is 17.7 Å². The Morgan fingerprint density at radius 3 is 2.94 bits per heavy atom. The van der Waals surface area contributed by atoms with Gasteiger partial charge >= 0.3 is 0 Å². The number of hydrogen-bond acceptors (Lipinski definition) is 4. The third-order valence-electron chi connectivity index (χ3n) is 2.49. The summed E-state index contributed by atoms with van der Waals surface area (Å²) >= 11 is 0. The lowest BCUT2D eigenvalue weighted by atomic mass is 10.2. The molecule has 0 bridgehead atoms. The number of nitrogens with zero attached hydrogens (tertiary/aromatic N) is 3. The molecule has 1 heterocycles. The van der Waals surface area contributed by atoms with Crippen LogP contribution in [0.4, 0.5) is 0 Å². The third kappa shape index (κ3) is 3.90. The van der Waals surface area contributed by atoms with E-state index < -0.39 is 0 Å². The van der Waals surface area contributed by atoms with Gasteiger partial charge in [0.05, 0.1) is 6.61 Å². The van der Waals surface area contributed by atoms with Crippen molar-refractivity contribution >= 4 is 0 Å². The Kier molecular flexibility index (Phi) is 6.03. The molecule has 0 saturated heterocycles. The van der Waals surface area contributed by atoms with Crippen molar-refractivity contribution in [1.82, 2.24) is 20.1 Å². The second-order valence-electron chi connectivity index (χ2n) is 3.75. The zero-order valence-corrected chi connectivity index (χ0v) is 10.4. The number of aryl methyl sites for hydroxylation is 1. The van der Waals surface area contributed by atoms with Crippen LogP contribution in [0.25, 0.3) is 0 Å². The average molecular weight is 226 g/mol. The van der Waals surface area contributed by atoms with E-state index in [-0.39, 0.29) is 0 Å². The number of ether oxygens (including phenoxy) is 1. The summed E-state index contributed by atoms with van der Waals surface area (Å²) in [6.07, 6.45) is 3.56. The highest BCUT2D eigenvalue weighted by molar-refractivity contribution is 4.89. The van der Waals surface area contributed by atoms with Crippen LogP contribution < -0.4 is 5.32 Å². The van der Waals surface area contributed by atoms with Crippen molar-refractivity contribution in [2.75, 3.05) is 20.3 Å². The number of rotatable bonds is 8. The van der Waals surface area contributed by atoms with Crippen LogP contribution in [0.2, 0.25) is 0 Å². The van der Waals surface area contributed by atoms with Gasteiger partial charge in [0.15, 0.2) is 0 Å². The lowest BCUT2D eigenvalue weighted by Crippen LogP contribution is -2.33. The molecule has 0 radical (unpaired) electrons. The summed E-state index contributed by atoms with van der Waals surface area (Å²) in [5, 5.41) is 7.45. The summed E-state index contributed by atoms with van der Waals surface area (Å²) in [6.45, 7) is 6.54. The van der Waals surface area contributed by atoms with E-state index in [0.717, 1.165) is 31.8 Å². The van der Waals surface area contributed by atoms with Crippen molar-refractivity contribution in [2.24, 2.45) is 0 Å². The van der Waals surface area contributed by atoms with E-state index in [0.29, 0.717) is 12.6 Å². The highest BCUT2D eigenvalue weighted by Crippen LogP contribution is 2.01. The zero-order chi connectivity index (χ0) is 11.8. The highest BCUT2D eigenvalue weighted by atomic mass is 16.5. The predicted molar refractivity (Wildman–Crippen MR) is 63.4 cm³/mol. The molecule has 0 amide bonds. The predicted octanol–water partition coefficient (Wildman–Crippen LogP) is 0.855. The SMILES string of the molecule is CCCn1ncnc1CC(COCC)NC. The van der Waals surface area contributed by atoms with Gasteiger partial charge in [-0.15, -0.1) is 0 Å². The Morgan fingerprint density at radius 2 is 2.31 bits per heavy atom. The molecular weight excluding hydrogens is 204 g/mol. The smallest absolute Gasteiger partial charge is 0.138 e. The standard InChI is InChI=1S/C11H22N4O/c1-4-6-15-11(13-9-14-15)7-10(12-3)8-16-5-2/h9-10,12H,4-8H2,1-3H3. The number of aromatic nitrogens is 3. The van der Waals surface area contributed by atoms with E-state index >= 15 is 0 Å². The molecule has 1 unspecified atom stereocenters. The molecule has 1 rings (SSSR count). The van der Waals surface area contributed by atoms with Crippen molar-refractivity contribution in [3.8, 4) is 0 Å². The third-order valence-corrected chi connectivity index (χ3v) is 2.49. The average Bonchev–Trinajstić information content (AvgIpc) is 2.72. The molecule has 5 heteroatoms. The number of likely N-dealkylation sites (N-methyl/N-ethyl adjacent to an activating group) is 1. The molecule has 0 spiro atoms. The first-order chi connectivity index (χ1) is 7.81. The number of hydrogen-bond donors (Lipinski definition) is 1. The Labute approximate surface area is 97.2 Å². The van der Waals surface area contributed by atoms with Gasteiger partial charge in [-0.3, -0.25) is 4.68 Å². The molecule has 92 valence electrons. The van der Waals surface area contributed by atoms with E-state index in [2.05, 4.69) is 22.3 Å². The number of nitrogens with one attached hydrogen (secondary N) is 1. The molecular formula is C11H22N4O. The molecule has 1 aromatic heterocycles. The Bertz CT molecular complexity index is 287. The summed E-state index contributed by atoms with van der Waals surface area (Å²) in [6, 6.07) is 0.305. The van der Waals surface area contributed by atoms with E-state index in [1.165, 1.54) is 0 Å². The Balaban J connectivity index is 2.51. The van der Waals surface area contributed by atoms with Crippen LogP contribution in [0.15, 0.2) is 6.33 Å². The van der Waals surface area contributed by atoms with Gasteiger partial charge in [0.1, 0.15) is 12.2 Å². The Hall–Kier alpha value is -0.940. The van der Waals surface area contributed by atoms with Gasteiger partial charge < -0.3 is 10.1 Å². The fraction of sp³-hybridized carbons (Fsp3) is 0.818. The molecule has 1 atom stereocenters. The summed E-state index contributed by atoms with van der Waals surface area (Å²) in [7, 11) is 1.95. The molecule has 1 aromatic rings. The van der Waals surface area contributed by atoms with E-state index in [4.69, 9.17) is 4.74 Å². The molecule has 0 fully saturated rings. The van der Waals surface area contributed by atoms with Crippen molar-refractivity contribution in [3.05, 3.63) is 12.2 Å². The second-order valence-corrected chi connectivity index (χ2v) is 3.75. The summed E-state index contributed by atoms with van der Waals surface area (Å²) in [4.78, 5) is 4.29. The maximum atomic E-state index is 5.42. The molecule has 16 heavy (non-hydrogen) atoms. The minimum atomic E-state index is 0.305. The van der Waals surface area contributed by atoms with Gasteiger partial charge in [-0.2, -0.15) is 5.10 Å². The monoisotopic (exact) mass is 226 g/mol. The van der Waals surface area contributed by atoms with Crippen molar-refractivity contribution in [2.45, 2.75) is 39.3 Å². The topological polar surface area (TPSA) is 52.0 Å². The highest BCUT2D eigenvalue weighted by Gasteiger charge is 2.11. The van der Waals surface area contributed by atoms with E-state index in [1.54, 1.807) is 6.33 Å². The van der Waals surface area contributed by atoms with Crippen molar-refractivity contribution in [3.63, 3.8) is 0 Å². The van der Waals surface area contributed by atoms with Crippen molar-refractivity contribution < 1.29 is 4.74 Å². The minimum Gasteiger partial charge on any atom is -0.380 e. The maximum absolute atomic E-state index is 5.42. The first kappa shape index (κ1) is 13.1.